The lowest BCUT2D eigenvalue weighted by Crippen LogP contribution is -2.45. The normalized spacial score (nSPS) is 27.2. The minimum Gasteiger partial charge on any atom is -0.481 e. The van der Waals surface area contributed by atoms with Crippen molar-refractivity contribution in [1.29, 1.82) is 0 Å². The molecule has 1 aromatic carbocycles. The Morgan fingerprint density at radius 1 is 1.32 bits per heavy atom. The molecule has 0 saturated carbocycles. The molecule has 0 spiro atoms. The van der Waals surface area contributed by atoms with E-state index in [-0.39, 0.29) is 17.7 Å². The van der Waals surface area contributed by atoms with Gasteiger partial charge in [-0.15, -0.1) is 0 Å². The molecule has 2 aliphatic heterocycles. The van der Waals surface area contributed by atoms with Crippen LogP contribution in [0.25, 0.3) is 0 Å². The number of hydrogen-bond acceptors (Lipinski definition) is 3. The van der Waals surface area contributed by atoms with E-state index in [1.807, 2.05) is 18.2 Å². The number of benzene rings is 1. The van der Waals surface area contributed by atoms with Crippen molar-refractivity contribution in [3.63, 3.8) is 0 Å². The number of carboxylic acid groups (broad SMARTS) is 1. The van der Waals surface area contributed by atoms with Crippen molar-refractivity contribution < 1.29 is 19.4 Å². The highest BCUT2D eigenvalue weighted by Crippen LogP contribution is 2.43. The highest BCUT2D eigenvalue weighted by molar-refractivity contribution is 5.81. The lowest BCUT2D eigenvalue weighted by Gasteiger charge is -2.33. The van der Waals surface area contributed by atoms with Gasteiger partial charge in [0.2, 0.25) is 5.91 Å². The zero-order valence-electron chi connectivity index (χ0n) is 15.0. The number of ether oxygens (including phenoxy) is 1. The second kappa shape index (κ2) is 7.16. The largest absolute Gasteiger partial charge is 0.481 e. The molecule has 5 nitrogen and oxygen atoms in total. The van der Waals surface area contributed by atoms with E-state index in [0.717, 1.165) is 0 Å². The Kier molecular flexibility index (Phi) is 5.13. The molecule has 2 saturated heterocycles. The highest BCUT2D eigenvalue weighted by atomic mass is 16.5. The molecule has 1 aromatic rings. The van der Waals surface area contributed by atoms with Gasteiger partial charge in [0.1, 0.15) is 0 Å². The molecule has 3 rings (SSSR count). The van der Waals surface area contributed by atoms with E-state index in [2.05, 4.69) is 26.0 Å². The van der Waals surface area contributed by atoms with Gasteiger partial charge >= 0.3 is 5.97 Å². The zero-order chi connectivity index (χ0) is 18.0. The number of rotatable bonds is 5. The van der Waals surface area contributed by atoms with Gasteiger partial charge in [-0.05, 0) is 23.8 Å². The Morgan fingerprint density at radius 3 is 2.64 bits per heavy atom. The number of fused-ring (bicyclic) bond motifs is 1. The molecule has 5 heteroatoms. The molecule has 1 N–H and O–H groups in total. The van der Waals surface area contributed by atoms with Gasteiger partial charge in [0, 0.05) is 32.0 Å². The van der Waals surface area contributed by atoms with Gasteiger partial charge in [-0.25, -0.2) is 0 Å². The Hall–Kier alpha value is -1.88. The maximum absolute atomic E-state index is 12.9. The first kappa shape index (κ1) is 17.9. The summed E-state index contributed by atoms with van der Waals surface area (Å²) in [5.74, 6) is -0.351. The lowest BCUT2D eigenvalue weighted by molar-refractivity contribution is -0.157. The van der Waals surface area contributed by atoms with Crippen LogP contribution in [-0.2, 0) is 14.3 Å². The van der Waals surface area contributed by atoms with Gasteiger partial charge in [-0.1, -0.05) is 44.2 Å². The van der Waals surface area contributed by atoms with E-state index >= 15 is 0 Å². The van der Waals surface area contributed by atoms with Gasteiger partial charge < -0.3 is 14.7 Å². The predicted octanol–water partition coefficient (Wildman–Crippen LogP) is 2.77. The van der Waals surface area contributed by atoms with Gasteiger partial charge in [0.05, 0.1) is 12.0 Å². The predicted molar refractivity (Wildman–Crippen MR) is 94.2 cm³/mol. The molecule has 0 radical (unpaired) electrons. The third-order valence-electron chi connectivity index (χ3n) is 5.91. The minimum absolute atomic E-state index is 0.0533. The average molecular weight is 345 g/mol. The SMILES string of the molecule is CC(C)C(CC(=O)N1C[C@H]2COCC[C@@]2(C(=O)O)C1)c1ccccc1. The monoisotopic (exact) mass is 345 g/mol. The van der Waals surface area contributed by atoms with Crippen molar-refractivity contribution >= 4 is 11.9 Å². The van der Waals surface area contributed by atoms with Crippen LogP contribution in [0.3, 0.4) is 0 Å². The van der Waals surface area contributed by atoms with Crippen LogP contribution in [0.2, 0.25) is 0 Å². The molecular weight excluding hydrogens is 318 g/mol. The highest BCUT2D eigenvalue weighted by Gasteiger charge is 2.54. The minimum atomic E-state index is -0.825. The second-order valence-corrected chi connectivity index (χ2v) is 7.72. The van der Waals surface area contributed by atoms with Crippen molar-refractivity contribution in [2.45, 2.75) is 32.6 Å². The fraction of sp³-hybridized carbons (Fsp3) is 0.600. The quantitative estimate of drug-likeness (QED) is 0.891. The van der Waals surface area contributed by atoms with E-state index in [9.17, 15) is 14.7 Å². The van der Waals surface area contributed by atoms with Crippen LogP contribution in [0.15, 0.2) is 30.3 Å². The Morgan fingerprint density at radius 2 is 2.04 bits per heavy atom. The number of amides is 1. The topological polar surface area (TPSA) is 66.8 Å². The van der Waals surface area contributed by atoms with Crippen LogP contribution in [0.5, 0.6) is 0 Å². The van der Waals surface area contributed by atoms with Crippen molar-refractivity contribution in [2.24, 2.45) is 17.3 Å². The Bertz CT molecular complexity index is 630. The third kappa shape index (κ3) is 3.43. The number of likely N-dealkylation sites (tertiary alicyclic amines) is 1. The van der Waals surface area contributed by atoms with Gasteiger partial charge in [0.25, 0.3) is 0 Å². The fourth-order valence-corrected chi connectivity index (χ4v) is 4.25. The first-order valence-electron chi connectivity index (χ1n) is 9.08. The summed E-state index contributed by atoms with van der Waals surface area (Å²) in [5, 5.41) is 9.75. The summed E-state index contributed by atoms with van der Waals surface area (Å²) in [7, 11) is 0. The van der Waals surface area contributed by atoms with Gasteiger partial charge in [-0.3, -0.25) is 9.59 Å². The number of carboxylic acids is 1. The molecule has 1 unspecified atom stereocenters. The number of carbonyl (C=O) groups excluding carboxylic acids is 1. The van der Waals surface area contributed by atoms with E-state index in [0.29, 0.717) is 45.1 Å². The molecule has 0 aromatic heterocycles. The summed E-state index contributed by atoms with van der Waals surface area (Å²) in [5.41, 5.74) is 0.340. The first-order chi connectivity index (χ1) is 11.9. The van der Waals surface area contributed by atoms with E-state index in [1.165, 1.54) is 5.56 Å². The number of hydrogen-bond donors (Lipinski definition) is 1. The summed E-state index contributed by atoms with van der Waals surface area (Å²) in [6.45, 7) is 5.95. The molecular formula is C20H27NO4. The first-order valence-corrected chi connectivity index (χ1v) is 9.08. The molecule has 0 aliphatic carbocycles. The molecule has 2 fully saturated rings. The van der Waals surface area contributed by atoms with E-state index in [1.54, 1.807) is 4.90 Å². The van der Waals surface area contributed by atoms with Crippen LogP contribution < -0.4 is 0 Å². The Balaban J connectivity index is 1.74. The smallest absolute Gasteiger partial charge is 0.311 e. The maximum atomic E-state index is 12.9. The van der Waals surface area contributed by atoms with E-state index in [4.69, 9.17) is 4.74 Å². The van der Waals surface area contributed by atoms with Crippen LogP contribution in [0.4, 0.5) is 0 Å². The van der Waals surface area contributed by atoms with Crippen molar-refractivity contribution in [3.8, 4) is 0 Å². The van der Waals surface area contributed by atoms with Crippen LogP contribution in [0, 0.1) is 17.3 Å². The van der Waals surface area contributed by atoms with Crippen molar-refractivity contribution in [1.82, 2.24) is 4.90 Å². The molecule has 2 aliphatic rings. The Labute approximate surface area is 149 Å². The summed E-state index contributed by atoms with van der Waals surface area (Å²) in [6.07, 6.45) is 0.911. The summed E-state index contributed by atoms with van der Waals surface area (Å²) >= 11 is 0. The molecule has 2 heterocycles. The van der Waals surface area contributed by atoms with Crippen LogP contribution in [0.1, 0.15) is 38.2 Å². The standard InChI is InChI=1S/C20H27NO4/c1-14(2)17(15-6-4-3-5-7-15)10-18(22)21-11-16-12-25-9-8-20(16,13-21)19(23)24/h3-7,14,16-17H,8-13H2,1-2H3,(H,23,24)/t16-,17?,20+/m0/s1. The number of nitrogens with zero attached hydrogens (tertiary/aromatic N) is 1. The van der Waals surface area contributed by atoms with Gasteiger partial charge in [-0.2, -0.15) is 0 Å². The molecule has 3 atom stereocenters. The summed E-state index contributed by atoms with van der Waals surface area (Å²) in [4.78, 5) is 26.6. The number of carbonyl (C=O) groups is 2. The molecule has 25 heavy (non-hydrogen) atoms. The third-order valence-corrected chi connectivity index (χ3v) is 5.91. The zero-order valence-corrected chi connectivity index (χ0v) is 15.0. The second-order valence-electron chi connectivity index (χ2n) is 7.72. The van der Waals surface area contributed by atoms with Crippen LogP contribution in [-0.4, -0.2) is 48.2 Å². The number of aliphatic carboxylic acids is 1. The molecule has 1 amide bonds. The maximum Gasteiger partial charge on any atom is 0.311 e. The summed E-state index contributed by atoms with van der Waals surface area (Å²) < 4.78 is 5.47. The lowest BCUT2D eigenvalue weighted by atomic mass is 9.74. The molecule has 136 valence electrons. The average Bonchev–Trinajstić information content (AvgIpc) is 3.01. The summed E-state index contributed by atoms with van der Waals surface area (Å²) in [6, 6.07) is 10.1. The van der Waals surface area contributed by atoms with Crippen LogP contribution >= 0.6 is 0 Å². The molecule has 0 bridgehead atoms. The van der Waals surface area contributed by atoms with Gasteiger partial charge in [0.15, 0.2) is 0 Å². The van der Waals surface area contributed by atoms with Crippen molar-refractivity contribution in [3.05, 3.63) is 35.9 Å². The van der Waals surface area contributed by atoms with E-state index < -0.39 is 11.4 Å². The van der Waals surface area contributed by atoms with Crippen molar-refractivity contribution in [2.75, 3.05) is 26.3 Å². The fourth-order valence-electron chi connectivity index (χ4n) is 4.25.